The van der Waals surface area contributed by atoms with Crippen LogP contribution < -0.4 is 5.32 Å². The van der Waals surface area contributed by atoms with Crippen molar-refractivity contribution in [3.63, 3.8) is 0 Å². The van der Waals surface area contributed by atoms with Crippen LogP contribution in [0.5, 0.6) is 0 Å². The number of benzene rings is 1. The maximum Gasteiger partial charge on any atom is 0.0235 e. The summed E-state index contributed by atoms with van der Waals surface area (Å²) in [5, 5.41) is 3.21. The third-order valence-corrected chi connectivity index (χ3v) is 4.21. The molecule has 1 aliphatic rings. The molecule has 19 heavy (non-hydrogen) atoms. The summed E-state index contributed by atoms with van der Waals surface area (Å²) in [6, 6.07) is 10.2. The van der Waals surface area contributed by atoms with E-state index in [-0.39, 0.29) is 0 Å². The van der Waals surface area contributed by atoms with E-state index in [0.717, 1.165) is 26.2 Å². The zero-order valence-corrected chi connectivity index (χ0v) is 12.7. The Kier molecular flexibility index (Phi) is 4.97. The van der Waals surface area contributed by atoms with Gasteiger partial charge in [0, 0.05) is 38.3 Å². The molecule has 0 amide bonds. The highest BCUT2D eigenvalue weighted by Crippen LogP contribution is 2.16. The smallest absolute Gasteiger partial charge is 0.0235 e. The van der Waals surface area contributed by atoms with Crippen LogP contribution in [0.15, 0.2) is 24.3 Å². The fraction of sp³-hybridized carbons (Fsp3) is 0.625. The number of hydrogen-bond acceptors (Lipinski definition) is 3. The minimum Gasteiger partial charge on any atom is -0.316 e. The van der Waals surface area contributed by atoms with E-state index in [0.29, 0.717) is 12.1 Å². The number of nitrogens with zero attached hydrogens (tertiary/aromatic N) is 2. The largest absolute Gasteiger partial charge is 0.316 e. The molecule has 2 unspecified atom stereocenters. The van der Waals surface area contributed by atoms with Gasteiger partial charge in [0.2, 0.25) is 0 Å². The lowest BCUT2D eigenvalue weighted by atomic mass is 10.1. The molecular formula is C16H27N3. The van der Waals surface area contributed by atoms with Crippen molar-refractivity contribution >= 4 is 0 Å². The minimum atomic E-state index is 0.643. The summed E-state index contributed by atoms with van der Waals surface area (Å²) in [7, 11) is 4.23. The van der Waals surface area contributed by atoms with E-state index < -0.39 is 0 Å². The zero-order chi connectivity index (χ0) is 13.8. The molecule has 0 saturated carbocycles. The van der Waals surface area contributed by atoms with Crippen molar-refractivity contribution in [1.82, 2.24) is 15.1 Å². The Morgan fingerprint density at radius 3 is 2.42 bits per heavy atom. The van der Waals surface area contributed by atoms with E-state index >= 15 is 0 Å². The van der Waals surface area contributed by atoms with Crippen molar-refractivity contribution in [3.8, 4) is 0 Å². The van der Waals surface area contributed by atoms with Crippen molar-refractivity contribution in [2.75, 3.05) is 27.2 Å². The lowest BCUT2D eigenvalue weighted by molar-refractivity contribution is 0.0556. The van der Waals surface area contributed by atoms with E-state index in [1.807, 2.05) is 7.05 Å². The van der Waals surface area contributed by atoms with Crippen molar-refractivity contribution < 1.29 is 0 Å². The van der Waals surface area contributed by atoms with Crippen LogP contribution >= 0.6 is 0 Å². The standard InChI is InChI=1S/C16H27N3/c1-13-10-19(11-14(2)18(13)4)12-16-7-5-6-15(8-16)9-17-3/h5-8,13-14,17H,9-12H2,1-4H3. The average molecular weight is 261 g/mol. The predicted octanol–water partition coefficient (Wildman–Crippen LogP) is 1.93. The van der Waals surface area contributed by atoms with Gasteiger partial charge in [-0.15, -0.1) is 0 Å². The average Bonchev–Trinajstić information content (AvgIpc) is 2.37. The highest BCUT2D eigenvalue weighted by atomic mass is 15.3. The van der Waals surface area contributed by atoms with Gasteiger partial charge in [-0.05, 0) is 39.1 Å². The van der Waals surface area contributed by atoms with Gasteiger partial charge in [-0.1, -0.05) is 24.3 Å². The molecule has 1 heterocycles. The van der Waals surface area contributed by atoms with Crippen LogP contribution in [-0.4, -0.2) is 49.1 Å². The second kappa shape index (κ2) is 6.51. The molecule has 3 heteroatoms. The van der Waals surface area contributed by atoms with E-state index in [9.17, 15) is 0 Å². The lowest BCUT2D eigenvalue weighted by Gasteiger charge is -2.42. The highest BCUT2D eigenvalue weighted by Gasteiger charge is 2.26. The molecule has 0 aromatic heterocycles. The van der Waals surface area contributed by atoms with Crippen molar-refractivity contribution in [3.05, 3.63) is 35.4 Å². The van der Waals surface area contributed by atoms with Crippen LogP contribution in [0.2, 0.25) is 0 Å². The molecule has 106 valence electrons. The number of nitrogens with one attached hydrogen (secondary N) is 1. The summed E-state index contributed by atoms with van der Waals surface area (Å²) >= 11 is 0. The topological polar surface area (TPSA) is 18.5 Å². The first-order valence-corrected chi connectivity index (χ1v) is 7.27. The third kappa shape index (κ3) is 3.78. The van der Waals surface area contributed by atoms with Gasteiger partial charge in [-0.3, -0.25) is 9.80 Å². The minimum absolute atomic E-state index is 0.643. The second-order valence-corrected chi connectivity index (χ2v) is 5.91. The van der Waals surface area contributed by atoms with Gasteiger partial charge in [0.15, 0.2) is 0 Å². The normalized spacial score (nSPS) is 25.7. The van der Waals surface area contributed by atoms with Crippen molar-refractivity contribution in [2.45, 2.75) is 39.0 Å². The molecule has 1 aromatic carbocycles. The Balaban J connectivity index is 1.99. The first-order chi connectivity index (χ1) is 9.10. The molecule has 0 bridgehead atoms. The van der Waals surface area contributed by atoms with Crippen LogP contribution in [0.4, 0.5) is 0 Å². The van der Waals surface area contributed by atoms with E-state index in [1.165, 1.54) is 11.1 Å². The Labute approximate surface area is 117 Å². The van der Waals surface area contributed by atoms with Gasteiger partial charge in [-0.2, -0.15) is 0 Å². The van der Waals surface area contributed by atoms with Gasteiger partial charge < -0.3 is 5.32 Å². The van der Waals surface area contributed by atoms with Crippen LogP contribution in [0, 0.1) is 0 Å². The van der Waals surface area contributed by atoms with Crippen LogP contribution in [0.25, 0.3) is 0 Å². The molecule has 3 nitrogen and oxygen atoms in total. The van der Waals surface area contributed by atoms with E-state index in [1.54, 1.807) is 0 Å². The summed E-state index contributed by atoms with van der Waals surface area (Å²) in [5.41, 5.74) is 2.80. The molecule has 1 aromatic rings. The molecule has 1 fully saturated rings. The lowest BCUT2D eigenvalue weighted by Crippen LogP contribution is -2.54. The Hall–Kier alpha value is -0.900. The monoisotopic (exact) mass is 261 g/mol. The van der Waals surface area contributed by atoms with Gasteiger partial charge in [0.25, 0.3) is 0 Å². The predicted molar refractivity (Wildman–Crippen MR) is 81.2 cm³/mol. The molecular weight excluding hydrogens is 234 g/mol. The summed E-state index contributed by atoms with van der Waals surface area (Å²) in [4.78, 5) is 5.06. The highest BCUT2D eigenvalue weighted by molar-refractivity contribution is 5.23. The number of likely N-dealkylation sites (N-methyl/N-ethyl adjacent to an activating group) is 1. The zero-order valence-electron chi connectivity index (χ0n) is 12.7. The van der Waals surface area contributed by atoms with Crippen LogP contribution in [0.3, 0.4) is 0 Å². The fourth-order valence-corrected chi connectivity index (χ4v) is 2.94. The Bertz CT molecular complexity index is 393. The first-order valence-electron chi connectivity index (χ1n) is 7.27. The SMILES string of the molecule is CNCc1cccc(CN2CC(C)N(C)C(C)C2)c1. The molecule has 1 saturated heterocycles. The van der Waals surface area contributed by atoms with E-state index in [2.05, 4.69) is 60.3 Å². The van der Waals surface area contributed by atoms with Gasteiger partial charge in [0.05, 0.1) is 0 Å². The summed E-state index contributed by atoms with van der Waals surface area (Å²) in [5.74, 6) is 0. The Morgan fingerprint density at radius 1 is 1.16 bits per heavy atom. The van der Waals surface area contributed by atoms with Crippen LogP contribution in [0.1, 0.15) is 25.0 Å². The van der Waals surface area contributed by atoms with Crippen LogP contribution in [-0.2, 0) is 13.1 Å². The quantitative estimate of drug-likeness (QED) is 0.893. The molecule has 0 radical (unpaired) electrons. The fourth-order valence-electron chi connectivity index (χ4n) is 2.94. The number of hydrogen-bond donors (Lipinski definition) is 1. The molecule has 1 N–H and O–H groups in total. The second-order valence-electron chi connectivity index (χ2n) is 5.91. The molecule has 0 aliphatic carbocycles. The summed E-state index contributed by atoms with van der Waals surface area (Å²) < 4.78 is 0. The molecule has 2 rings (SSSR count). The summed E-state index contributed by atoms with van der Waals surface area (Å²) in [6.07, 6.45) is 0. The molecule has 2 atom stereocenters. The van der Waals surface area contributed by atoms with Gasteiger partial charge >= 0.3 is 0 Å². The maximum atomic E-state index is 3.21. The maximum absolute atomic E-state index is 3.21. The number of piperazine rings is 1. The van der Waals surface area contributed by atoms with E-state index in [4.69, 9.17) is 0 Å². The Morgan fingerprint density at radius 2 is 1.79 bits per heavy atom. The third-order valence-electron chi connectivity index (χ3n) is 4.21. The molecule has 0 spiro atoms. The van der Waals surface area contributed by atoms with Gasteiger partial charge in [-0.25, -0.2) is 0 Å². The van der Waals surface area contributed by atoms with Gasteiger partial charge in [0.1, 0.15) is 0 Å². The number of rotatable bonds is 4. The molecule has 1 aliphatic heterocycles. The van der Waals surface area contributed by atoms with Crippen molar-refractivity contribution in [2.24, 2.45) is 0 Å². The first kappa shape index (κ1) is 14.5. The van der Waals surface area contributed by atoms with Crippen molar-refractivity contribution in [1.29, 1.82) is 0 Å². The summed E-state index contributed by atoms with van der Waals surface area (Å²) in [6.45, 7) is 8.98.